The summed E-state index contributed by atoms with van der Waals surface area (Å²) < 4.78 is 15.8. The van der Waals surface area contributed by atoms with E-state index in [2.05, 4.69) is 15.3 Å². The largest absolute Gasteiger partial charge is 0.358 e. The van der Waals surface area contributed by atoms with Gasteiger partial charge in [0.15, 0.2) is 0 Å². The SMILES string of the molecule is Cc1[nH]c2ccccc2c1CC(=O)Nc1ccc(N(C)c2cccnc2)c(-c2ccc(-c3ccccc3)cc2F)c1. The molecule has 41 heavy (non-hydrogen) atoms. The lowest BCUT2D eigenvalue weighted by molar-refractivity contribution is -0.115. The van der Waals surface area contributed by atoms with Crippen molar-refractivity contribution in [2.24, 2.45) is 0 Å². The Morgan fingerprint density at radius 2 is 1.68 bits per heavy atom. The van der Waals surface area contributed by atoms with Gasteiger partial charge in [0, 0.05) is 52.3 Å². The molecule has 0 bridgehead atoms. The summed E-state index contributed by atoms with van der Waals surface area (Å²) in [6.07, 6.45) is 3.70. The van der Waals surface area contributed by atoms with Gasteiger partial charge in [-0.05, 0) is 66.1 Å². The van der Waals surface area contributed by atoms with Crippen LogP contribution in [0, 0.1) is 12.7 Å². The number of halogens is 1. The fraction of sp³-hybridized carbons (Fsp3) is 0.0857. The number of aryl methyl sites for hydroxylation is 1. The molecule has 0 unspecified atom stereocenters. The van der Waals surface area contributed by atoms with Crippen molar-refractivity contribution in [3.05, 3.63) is 133 Å². The van der Waals surface area contributed by atoms with E-state index >= 15 is 4.39 Å². The Morgan fingerprint density at radius 1 is 0.878 bits per heavy atom. The predicted molar refractivity (Wildman–Crippen MR) is 165 cm³/mol. The number of nitrogens with one attached hydrogen (secondary N) is 2. The highest BCUT2D eigenvalue weighted by Gasteiger charge is 2.18. The van der Waals surface area contributed by atoms with Crippen molar-refractivity contribution in [1.82, 2.24) is 9.97 Å². The standard InChI is InChI=1S/C35H29FN4O/c1-23-30(29-12-6-7-13-33(29)38-23)21-35(41)39-26-15-17-34(40(2)27-11-8-18-37-22-27)31(20-26)28-16-14-25(19-32(28)36)24-9-4-3-5-10-24/h3-20,22,38H,21H2,1-2H3,(H,39,41). The number of fused-ring (bicyclic) bond motifs is 1. The fourth-order valence-corrected chi connectivity index (χ4v) is 5.29. The minimum Gasteiger partial charge on any atom is -0.358 e. The number of para-hydroxylation sites is 1. The number of carbonyl (C=O) groups is 1. The molecule has 4 aromatic carbocycles. The third kappa shape index (κ3) is 5.32. The third-order valence-corrected chi connectivity index (χ3v) is 7.41. The second-order valence-corrected chi connectivity index (χ2v) is 10.1. The van der Waals surface area contributed by atoms with E-state index in [1.807, 2.05) is 110 Å². The minimum absolute atomic E-state index is 0.142. The van der Waals surface area contributed by atoms with Crippen molar-refractivity contribution in [1.29, 1.82) is 0 Å². The number of aromatic nitrogens is 2. The lowest BCUT2D eigenvalue weighted by atomic mass is 9.97. The number of hydrogen-bond donors (Lipinski definition) is 2. The Labute approximate surface area is 238 Å². The molecule has 2 aromatic heterocycles. The molecule has 2 heterocycles. The van der Waals surface area contributed by atoms with Gasteiger partial charge in [0.1, 0.15) is 5.82 Å². The van der Waals surface area contributed by atoms with Gasteiger partial charge >= 0.3 is 0 Å². The van der Waals surface area contributed by atoms with Gasteiger partial charge in [0.2, 0.25) is 5.91 Å². The van der Waals surface area contributed by atoms with Crippen molar-refractivity contribution < 1.29 is 9.18 Å². The van der Waals surface area contributed by atoms with Crippen LogP contribution in [0.1, 0.15) is 11.3 Å². The average Bonchev–Trinajstić information content (AvgIpc) is 3.32. The Hall–Kier alpha value is -5.23. The molecule has 0 fully saturated rings. The molecule has 0 atom stereocenters. The molecule has 5 nitrogen and oxygen atoms in total. The molecule has 0 radical (unpaired) electrons. The molecule has 0 aliphatic rings. The zero-order valence-corrected chi connectivity index (χ0v) is 22.9. The first kappa shape index (κ1) is 26.0. The smallest absolute Gasteiger partial charge is 0.228 e. The number of aromatic amines is 1. The van der Waals surface area contributed by atoms with Gasteiger partial charge < -0.3 is 15.2 Å². The third-order valence-electron chi connectivity index (χ3n) is 7.41. The maximum atomic E-state index is 15.8. The molecule has 6 aromatic rings. The normalized spacial score (nSPS) is 11.0. The Bertz CT molecular complexity index is 1850. The van der Waals surface area contributed by atoms with Gasteiger partial charge in [-0.25, -0.2) is 4.39 Å². The highest BCUT2D eigenvalue weighted by molar-refractivity contribution is 5.98. The summed E-state index contributed by atoms with van der Waals surface area (Å²) in [5.74, 6) is -0.484. The molecule has 2 N–H and O–H groups in total. The van der Waals surface area contributed by atoms with E-state index in [0.29, 0.717) is 16.8 Å². The molecular formula is C35H29FN4O. The van der Waals surface area contributed by atoms with Crippen molar-refractivity contribution in [3.63, 3.8) is 0 Å². The van der Waals surface area contributed by atoms with Crippen molar-refractivity contribution in [2.75, 3.05) is 17.3 Å². The van der Waals surface area contributed by atoms with Gasteiger partial charge in [0.05, 0.1) is 18.3 Å². The lowest BCUT2D eigenvalue weighted by Crippen LogP contribution is -2.16. The summed E-state index contributed by atoms with van der Waals surface area (Å²) in [6, 6.07) is 32.4. The van der Waals surface area contributed by atoms with E-state index in [1.54, 1.807) is 24.5 Å². The molecule has 0 saturated carbocycles. The molecule has 202 valence electrons. The predicted octanol–water partition coefficient (Wildman–Crippen LogP) is 8.29. The first-order valence-electron chi connectivity index (χ1n) is 13.5. The van der Waals surface area contributed by atoms with E-state index in [1.165, 1.54) is 0 Å². The number of pyridine rings is 1. The minimum atomic E-state index is -0.343. The van der Waals surface area contributed by atoms with Crippen LogP contribution < -0.4 is 10.2 Å². The van der Waals surface area contributed by atoms with Gasteiger partial charge in [0.25, 0.3) is 0 Å². The van der Waals surface area contributed by atoms with E-state index in [9.17, 15) is 4.79 Å². The van der Waals surface area contributed by atoms with Crippen LogP contribution in [0.15, 0.2) is 116 Å². The van der Waals surface area contributed by atoms with Crippen LogP contribution in [-0.2, 0) is 11.2 Å². The zero-order chi connectivity index (χ0) is 28.3. The van der Waals surface area contributed by atoms with E-state index in [-0.39, 0.29) is 18.1 Å². The second kappa shape index (κ2) is 11.1. The summed E-state index contributed by atoms with van der Waals surface area (Å²) in [4.78, 5) is 22.8. The van der Waals surface area contributed by atoms with Crippen LogP contribution in [0.4, 0.5) is 21.5 Å². The number of carbonyl (C=O) groups excluding carboxylic acids is 1. The Kier molecular flexibility index (Phi) is 7.04. The number of benzene rings is 4. The van der Waals surface area contributed by atoms with Gasteiger partial charge in [-0.2, -0.15) is 0 Å². The number of rotatable bonds is 7. The summed E-state index contributed by atoms with van der Waals surface area (Å²) in [5, 5.41) is 4.08. The molecular weight excluding hydrogens is 511 g/mol. The average molecular weight is 541 g/mol. The maximum Gasteiger partial charge on any atom is 0.228 e. The number of hydrogen-bond acceptors (Lipinski definition) is 3. The number of amides is 1. The van der Waals surface area contributed by atoms with Crippen LogP contribution in [0.5, 0.6) is 0 Å². The topological polar surface area (TPSA) is 61.0 Å². The van der Waals surface area contributed by atoms with Crippen LogP contribution in [0.3, 0.4) is 0 Å². The van der Waals surface area contributed by atoms with E-state index < -0.39 is 0 Å². The van der Waals surface area contributed by atoms with Crippen molar-refractivity contribution in [2.45, 2.75) is 13.3 Å². The molecule has 0 aliphatic carbocycles. The second-order valence-electron chi connectivity index (χ2n) is 10.1. The lowest BCUT2D eigenvalue weighted by Gasteiger charge is -2.23. The van der Waals surface area contributed by atoms with Crippen LogP contribution in [0.25, 0.3) is 33.2 Å². The zero-order valence-electron chi connectivity index (χ0n) is 22.9. The van der Waals surface area contributed by atoms with Crippen LogP contribution in [0.2, 0.25) is 0 Å². The summed E-state index contributed by atoms with van der Waals surface area (Å²) in [6.45, 7) is 1.98. The van der Waals surface area contributed by atoms with Gasteiger partial charge in [-0.1, -0.05) is 60.7 Å². The summed E-state index contributed by atoms with van der Waals surface area (Å²) in [7, 11) is 1.92. The van der Waals surface area contributed by atoms with Gasteiger partial charge in [-0.3, -0.25) is 9.78 Å². The molecule has 1 amide bonds. The first-order chi connectivity index (χ1) is 20.0. The van der Waals surface area contributed by atoms with Crippen LogP contribution >= 0.6 is 0 Å². The highest BCUT2D eigenvalue weighted by Crippen LogP contribution is 2.38. The highest BCUT2D eigenvalue weighted by atomic mass is 19.1. The van der Waals surface area contributed by atoms with Crippen LogP contribution in [-0.4, -0.2) is 22.9 Å². The van der Waals surface area contributed by atoms with Crippen molar-refractivity contribution >= 4 is 33.9 Å². The fourth-order valence-electron chi connectivity index (χ4n) is 5.29. The molecule has 0 saturated heterocycles. The van der Waals surface area contributed by atoms with Crippen molar-refractivity contribution in [3.8, 4) is 22.3 Å². The van der Waals surface area contributed by atoms with Gasteiger partial charge in [-0.15, -0.1) is 0 Å². The first-order valence-corrected chi connectivity index (χ1v) is 13.5. The number of nitrogens with zero attached hydrogens (tertiary/aromatic N) is 2. The number of H-pyrrole nitrogens is 1. The molecule has 6 heteroatoms. The maximum absolute atomic E-state index is 15.8. The number of anilines is 3. The Morgan fingerprint density at radius 3 is 2.46 bits per heavy atom. The molecule has 0 spiro atoms. The monoisotopic (exact) mass is 540 g/mol. The van der Waals surface area contributed by atoms with E-state index in [4.69, 9.17) is 0 Å². The van der Waals surface area contributed by atoms with E-state index in [0.717, 1.165) is 44.7 Å². The molecule has 0 aliphatic heterocycles. The Balaban J connectivity index is 1.36. The quantitative estimate of drug-likeness (QED) is 0.214. The summed E-state index contributed by atoms with van der Waals surface area (Å²) >= 11 is 0. The molecule has 6 rings (SSSR count). The summed E-state index contributed by atoms with van der Waals surface area (Å²) in [5.41, 5.74) is 8.03.